The first-order valence-electron chi connectivity index (χ1n) is 8.51. The SMILES string of the molecule is CSCC[C@H](C(=O)NCc1ccc(Cl)cc1)N1C(=O)c2ccccc2C1=O. The van der Waals surface area contributed by atoms with E-state index in [4.69, 9.17) is 11.6 Å². The molecule has 0 saturated heterocycles. The maximum absolute atomic E-state index is 12.8. The molecule has 0 bridgehead atoms. The second-order valence-electron chi connectivity index (χ2n) is 6.17. The van der Waals surface area contributed by atoms with Gasteiger partial charge in [0, 0.05) is 11.6 Å². The highest BCUT2D eigenvalue weighted by Gasteiger charge is 2.42. The van der Waals surface area contributed by atoms with E-state index in [0.29, 0.717) is 34.9 Å². The van der Waals surface area contributed by atoms with Gasteiger partial charge in [-0.15, -0.1) is 0 Å². The number of carbonyl (C=O) groups excluding carboxylic acids is 3. The largest absolute Gasteiger partial charge is 0.350 e. The van der Waals surface area contributed by atoms with Crippen LogP contribution >= 0.6 is 23.4 Å². The van der Waals surface area contributed by atoms with Gasteiger partial charge in [0.2, 0.25) is 5.91 Å². The predicted molar refractivity (Wildman–Crippen MR) is 107 cm³/mol. The minimum absolute atomic E-state index is 0.301. The van der Waals surface area contributed by atoms with Crippen LogP contribution < -0.4 is 5.32 Å². The lowest BCUT2D eigenvalue weighted by molar-refractivity contribution is -0.125. The van der Waals surface area contributed by atoms with Gasteiger partial charge in [-0.1, -0.05) is 35.9 Å². The van der Waals surface area contributed by atoms with Crippen molar-refractivity contribution in [3.05, 3.63) is 70.2 Å². The van der Waals surface area contributed by atoms with Crippen LogP contribution in [0.15, 0.2) is 48.5 Å². The molecule has 0 aromatic heterocycles. The molecule has 140 valence electrons. The molecule has 0 fully saturated rings. The van der Waals surface area contributed by atoms with E-state index in [0.717, 1.165) is 10.5 Å². The summed E-state index contributed by atoms with van der Waals surface area (Å²) in [5.74, 6) is -0.507. The molecule has 0 unspecified atom stereocenters. The van der Waals surface area contributed by atoms with E-state index < -0.39 is 17.9 Å². The van der Waals surface area contributed by atoms with Crippen molar-refractivity contribution >= 4 is 41.1 Å². The van der Waals surface area contributed by atoms with Crippen molar-refractivity contribution in [1.82, 2.24) is 10.2 Å². The number of thioether (sulfide) groups is 1. The molecular weight excluding hydrogens is 384 g/mol. The average Bonchev–Trinajstić information content (AvgIpc) is 2.93. The predicted octanol–water partition coefficient (Wildman–Crippen LogP) is 3.37. The van der Waals surface area contributed by atoms with Crippen molar-refractivity contribution in [3.8, 4) is 0 Å². The number of carbonyl (C=O) groups is 3. The third-order valence-electron chi connectivity index (χ3n) is 4.42. The van der Waals surface area contributed by atoms with Gasteiger partial charge in [-0.25, -0.2) is 0 Å². The van der Waals surface area contributed by atoms with Crippen LogP contribution in [0.2, 0.25) is 5.02 Å². The van der Waals surface area contributed by atoms with E-state index in [1.807, 2.05) is 18.4 Å². The number of halogens is 1. The highest BCUT2D eigenvalue weighted by atomic mass is 35.5. The van der Waals surface area contributed by atoms with Gasteiger partial charge < -0.3 is 5.32 Å². The van der Waals surface area contributed by atoms with E-state index >= 15 is 0 Å². The highest BCUT2D eigenvalue weighted by Crippen LogP contribution is 2.26. The van der Waals surface area contributed by atoms with Crippen molar-refractivity contribution in [2.45, 2.75) is 19.0 Å². The Kier molecular flexibility index (Phi) is 6.19. The second-order valence-corrected chi connectivity index (χ2v) is 7.59. The summed E-state index contributed by atoms with van der Waals surface area (Å²) in [6.07, 6.45) is 2.32. The topological polar surface area (TPSA) is 66.5 Å². The van der Waals surface area contributed by atoms with Crippen LogP contribution in [0.3, 0.4) is 0 Å². The van der Waals surface area contributed by atoms with Gasteiger partial charge in [0.05, 0.1) is 11.1 Å². The van der Waals surface area contributed by atoms with Gasteiger partial charge in [-0.2, -0.15) is 11.8 Å². The summed E-state index contributed by atoms with van der Waals surface area (Å²) in [6.45, 7) is 0.301. The van der Waals surface area contributed by atoms with Crippen LogP contribution in [0.1, 0.15) is 32.7 Å². The van der Waals surface area contributed by atoms with Gasteiger partial charge in [0.1, 0.15) is 6.04 Å². The zero-order valence-corrected chi connectivity index (χ0v) is 16.3. The average molecular weight is 403 g/mol. The molecule has 0 spiro atoms. The Bertz CT molecular complexity index is 835. The minimum atomic E-state index is -0.836. The van der Waals surface area contributed by atoms with Crippen molar-refractivity contribution in [2.24, 2.45) is 0 Å². The quantitative estimate of drug-likeness (QED) is 0.721. The first-order chi connectivity index (χ1) is 13.0. The molecular formula is C20H19ClN2O3S. The molecule has 1 N–H and O–H groups in total. The first-order valence-corrected chi connectivity index (χ1v) is 10.3. The summed E-state index contributed by atoms with van der Waals surface area (Å²) in [5, 5.41) is 3.45. The summed E-state index contributed by atoms with van der Waals surface area (Å²) in [7, 11) is 0. The minimum Gasteiger partial charge on any atom is -0.350 e. The molecule has 0 radical (unpaired) electrons. The molecule has 1 aliphatic rings. The van der Waals surface area contributed by atoms with Crippen LogP contribution in [0.5, 0.6) is 0 Å². The Labute approximate surface area is 167 Å². The molecule has 5 nitrogen and oxygen atoms in total. The van der Waals surface area contributed by atoms with E-state index in [-0.39, 0.29) is 5.91 Å². The summed E-state index contributed by atoms with van der Waals surface area (Å²) in [5.41, 5.74) is 1.59. The summed E-state index contributed by atoms with van der Waals surface area (Å²) < 4.78 is 0. The number of imide groups is 1. The number of hydrogen-bond donors (Lipinski definition) is 1. The maximum atomic E-state index is 12.8. The monoisotopic (exact) mass is 402 g/mol. The number of benzene rings is 2. The van der Waals surface area contributed by atoms with Gasteiger partial charge in [0.25, 0.3) is 11.8 Å². The zero-order valence-electron chi connectivity index (χ0n) is 14.8. The Hall–Kier alpha value is -2.31. The Morgan fingerprint density at radius 2 is 1.67 bits per heavy atom. The van der Waals surface area contributed by atoms with Crippen LogP contribution in [0.4, 0.5) is 0 Å². The number of nitrogens with zero attached hydrogens (tertiary/aromatic N) is 1. The zero-order chi connectivity index (χ0) is 19.4. The molecule has 1 aliphatic heterocycles. The van der Waals surface area contributed by atoms with Crippen molar-refractivity contribution in [2.75, 3.05) is 12.0 Å². The third-order valence-corrected chi connectivity index (χ3v) is 5.31. The fourth-order valence-corrected chi connectivity index (χ4v) is 3.59. The fraction of sp³-hybridized carbons (Fsp3) is 0.250. The highest BCUT2D eigenvalue weighted by molar-refractivity contribution is 7.98. The number of nitrogens with one attached hydrogen (secondary N) is 1. The molecule has 0 aliphatic carbocycles. The number of rotatable bonds is 7. The summed E-state index contributed by atoms with van der Waals surface area (Å²) in [4.78, 5) is 39.4. The lowest BCUT2D eigenvalue weighted by Crippen LogP contribution is -2.49. The normalized spacial score (nSPS) is 14.2. The van der Waals surface area contributed by atoms with Gasteiger partial charge in [-0.05, 0) is 48.3 Å². The van der Waals surface area contributed by atoms with E-state index in [2.05, 4.69) is 5.32 Å². The molecule has 0 saturated carbocycles. The molecule has 1 atom stereocenters. The molecule has 3 amide bonds. The number of hydrogen-bond acceptors (Lipinski definition) is 4. The molecule has 3 rings (SSSR count). The fourth-order valence-electron chi connectivity index (χ4n) is 3.01. The molecule has 7 heteroatoms. The van der Waals surface area contributed by atoms with Crippen molar-refractivity contribution in [1.29, 1.82) is 0 Å². The van der Waals surface area contributed by atoms with Crippen LogP contribution in [0, 0.1) is 0 Å². The maximum Gasteiger partial charge on any atom is 0.262 e. The van der Waals surface area contributed by atoms with Crippen LogP contribution in [-0.2, 0) is 11.3 Å². The second kappa shape index (κ2) is 8.59. The summed E-state index contributed by atoms with van der Waals surface area (Å²) >= 11 is 7.44. The first kappa shape index (κ1) is 19.5. The van der Waals surface area contributed by atoms with E-state index in [1.165, 1.54) is 0 Å². The van der Waals surface area contributed by atoms with E-state index in [9.17, 15) is 14.4 Å². The number of fused-ring (bicyclic) bond motifs is 1. The molecule has 2 aromatic carbocycles. The Morgan fingerprint density at radius 1 is 1.07 bits per heavy atom. The molecule has 2 aromatic rings. The van der Waals surface area contributed by atoms with Gasteiger partial charge in [0.15, 0.2) is 0 Å². The van der Waals surface area contributed by atoms with Crippen molar-refractivity contribution in [3.63, 3.8) is 0 Å². The lowest BCUT2D eigenvalue weighted by Gasteiger charge is -2.25. The molecule has 1 heterocycles. The van der Waals surface area contributed by atoms with Gasteiger partial charge in [-0.3, -0.25) is 19.3 Å². The number of amides is 3. The van der Waals surface area contributed by atoms with Crippen LogP contribution in [0.25, 0.3) is 0 Å². The Balaban J connectivity index is 1.77. The molecule has 27 heavy (non-hydrogen) atoms. The Morgan fingerprint density at radius 3 is 2.22 bits per heavy atom. The van der Waals surface area contributed by atoms with E-state index in [1.54, 1.807) is 48.2 Å². The van der Waals surface area contributed by atoms with Crippen LogP contribution in [-0.4, -0.2) is 40.7 Å². The lowest BCUT2D eigenvalue weighted by atomic mass is 10.1. The third kappa shape index (κ3) is 4.17. The van der Waals surface area contributed by atoms with Crippen molar-refractivity contribution < 1.29 is 14.4 Å². The van der Waals surface area contributed by atoms with Gasteiger partial charge >= 0.3 is 0 Å². The standard InChI is InChI=1S/C20H19ClN2O3S/c1-27-11-10-17(18(24)22-12-13-6-8-14(21)9-7-13)23-19(25)15-4-2-3-5-16(15)20(23)26/h2-9,17H,10-12H2,1H3,(H,22,24)/t17-/m1/s1. The summed E-state index contributed by atoms with van der Waals surface area (Å²) in [6, 6.07) is 13.0. The smallest absolute Gasteiger partial charge is 0.262 e.